The van der Waals surface area contributed by atoms with E-state index in [4.69, 9.17) is 0 Å². The van der Waals surface area contributed by atoms with E-state index in [9.17, 15) is 14.0 Å². The lowest BCUT2D eigenvalue weighted by Gasteiger charge is -2.33. The third-order valence-electron chi connectivity index (χ3n) is 4.00. The summed E-state index contributed by atoms with van der Waals surface area (Å²) in [5, 5.41) is 8.27. The minimum Gasteiger partial charge on any atom is -0.349 e. The lowest BCUT2D eigenvalue weighted by molar-refractivity contribution is -0.123. The molecule has 0 aliphatic rings. The number of benzene rings is 2. The number of nitrogens with zero attached hydrogens (tertiary/aromatic N) is 3. The number of hydrogen-bond acceptors (Lipinski definition) is 5. The Labute approximate surface area is 172 Å². The molecule has 0 unspecified atom stereocenters. The lowest BCUT2D eigenvalue weighted by atomic mass is 10.0. The van der Waals surface area contributed by atoms with Gasteiger partial charge in [0.05, 0.1) is 0 Å². The average Bonchev–Trinajstić information content (AvgIpc) is 3.19. The van der Waals surface area contributed by atoms with Crippen LogP contribution in [0.15, 0.2) is 60.0 Å². The Morgan fingerprint density at radius 1 is 1.10 bits per heavy atom. The standard InChI is InChI=1S/C21H21FN4O2S/c1-21(2,3)23-19(27)18(14-8-5-4-6-9-14)26(16-11-7-10-15(22)12-16)20(28)17-13-29-25-24-17/h4-13,18H,1-3H3,(H,23,27)/t18-/m1/s1. The Hall–Kier alpha value is -3.13. The number of aromatic nitrogens is 2. The van der Waals surface area contributed by atoms with Crippen molar-refractivity contribution < 1.29 is 14.0 Å². The van der Waals surface area contributed by atoms with E-state index in [1.807, 2.05) is 26.8 Å². The Morgan fingerprint density at radius 3 is 2.41 bits per heavy atom. The van der Waals surface area contributed by atoms with Crippen LogP contribution in [-0.2, 0) is 4.79 Å². The van der Waals surface area contributed by atoms with E-state index < -0.39 is 23.3 Å². The van der Waals surface area contributed by atoms with E-state index in [1.54, 1.807) is 30.3 Å². The Kier molecular flexibility index (Phi) is 6.03. The number of anilines is 1. The molecule has 0 aliphatic heterocycles. The molecule has 0 saturated carbocycles. The molecule has 0 saturated heterocycles. The topological polar surface area (TPSA) is 75.2 Å². The van der Waals surface area contributed by atoms with Crippen LogP contribution in [0.1, 0.15) is 42.9 Å². The molecule has 150 valence electrons. The molecule has 6 nitrogen and oxygen atoms in total. The number of halogens is 1. The molecule has 1 atom stereocenters. The number of nitrogens with one attached hydrogen (secondary N) is 1. The van der Waals surface area contributed by atoms with E-state index in [-0.39, 0.29) is 17.3 Å². The van der Waals surface area contributed by atoms with Gasteiger partial charge >= 0.3 is 0 Å². The van der Waals surface area contributed by atoms with Crippen LogP contribution in [0.3, 0.4) is 0 Å². The minimum absolute atomic E-state index is 0.0868. The summed E-state index contributed by atoms with van der Waals surface area (Å²) in [6, 6.07) is 13.5. The van der Waals surface area contributed by atoms with Crippen LogP contribution in [0, 0.1) is 5.82 Å². The molecule has 0 bridgehead atoms. The highest BCUT2D eigenvalue weighted by Gasteiger charge is 2.35. The summed E-state index contributed by atoms with van der Waals surface area (Å²) in [5.41, 5.74) is 0.405. The summed E-state index contributed by atoms with van der Waals surface area (Å²) in [7, 11) is 0. The third-order valence-corrected chi connectivity index (χ3v) is 4.51. The Bertz CT molecular complexity index is 987. The maximum atomic E-state index is 14.0. The number of rotatable bonds is 5. The van der Waals surface area contributed by atoms with E-state index in [2.05, 4.69) is 14.9 Å². The van der Waals surface area contributed by atoms with Crippen molar-refractivity contribution in [3.8, 4) is 0 Å². The molecule has 2 aromatic carbocycles. The molecule has 8 heteroatoms. The summed E-state index contributed by atoms with van der Waals surface area (Å²) in [4.78, 5) is 27.9. The highest BCUT2D eigenvalue weighted by Crippen LogP contribution is 2.30. The quantitative estimate of drug-likeness (QED) is 0.688. The van der Waals surface area contributed by atoms with Crippen molar-refractivity contribution in [3.05, 3.63) is 77.1 Å². The summed E-state index contributed by atoms with van der Waals surface area (Å²) in [6.07, 6.45) is 0. The van der Waals surface area contributed by atoms with Gasteiger partial charge < -0.3 is 5.32 Å². The van der Waals surface area contributed by atoms with E-state index in [1.165, 1.54) is 28.5 Å². The van der Waals surface area contributed by atoms with E-state index in [0.717, 1.165) is 11.5 Å². The van der Waals surface area contributed by atoms with Gasteiger partial charge in [-0.05, 0) is 56.1 Å². The molecule has 1 aromatic heterocycles. The average molecular weight is 412 g/mol. The molecule has 0 fully saturated rings. The molecule has 3 rings (SSSR count). The molecule has 0 aliphatic carbocycles. The summed E-state index contributed by atoms with van der Waals surface area (Å²) in [5.74, 6) is -1.44. The van der Waals surface area contributed by atoms with Gasteiger partial charge in [-0.3, -0.25) is 14.5 Å². The predicted octanol–water partition coefficient (Wildman–Crippen LogP) is 3.98. The van der Waals surface area contributed by atoms with Crippen molar-refractivity contribution in [2.24, 2.45) is 0 Å². The molecule has 2 amide bonds. The number of amides is 2. The highest BCUT2D eigenvalue weighted by molar-refractivity contribution is 7.03. The zero-order chi connectivity index (χ0) is 21.0. The van der Waals surface area contributed by atoms with Crippen molar-refractivity contribution >= 4 is 29.0 Å². The first kappa shape index (κ1) is 20.6. The summed E-state index contributed by atoms with van der Waals surface area (Å²) in [6.45, 7) is 5.56. The first-order chi connectivity index (χ1) is 13.8. The van der Waals surface area contributed by atoms with Crippen LogP contribution in [0.5, 0.6) is 0 Å². The van der Waals surface area contributed by atoms with Gasteiger partial charge in [0.2, 0.25) is 5.91 Å². The fraction of sp³-hybridized carbons (Fsp3) is 0.238. The zero-order valence-corrected chi connectivity index (χ0v) is 17.1. The van der Waals surface area contributed by atoms with Crippen LogP contribution in [-0.4, -0.2) is 26.9 Å². The Balaban J connectivity index is 2.16. The van der Waals surface area contributed by atoms with Gasteiger partial charge in [-0.1, -0.05) is 40.9 Å². The molecule has 0 spiro atoms. The maximum Gasteiger partial charge on any atom is 0.280 e. The first-order valence-electron chi connectivity index (χ1n) is 8.99. The first-order valence-corrected chi connectivity index (χ1v) is 9.83. The van der Waals surface area contributed by atoms with E-state index in [0.29, 0.717) is 5.56 Å². The molecule has 1 N–H and O–H groups in total. The molecule has 29 heavy (non-hydrogen) atoms. The normalized spacial score (nSPS) is 12.3. The molecule has 1 heterocycles. The minimum atomic E-state index is -1.02. The second-order valence-electron chi connectivity index (χ2n) is 7.50. The molecule has 3 aromatic rings. The monoisotopic (exact) mass is 412 g/mol. The van der Waals surface area contributed by atoms with Crippen molar-refractivity contribution in [3.63, 3.8) is 0 Å². The van der Waals surface area contributed by atoms with Gasteiger partial charge in [-0.15, -0.1) is 5.10 Å². The molecular weight excluding hydrogens is 391 g/mol. The Morgan fingerprint density at radius 2 is 1.83 bits per heavy atom. The fourth-order valence-corrected chi connectivity index (χ4v) is 3.31. The maximum absolute atomic E-state index is 14.0. The molecule has 0 radical (unpaired) electrons. The van der Waals surface area contributed by atoms with Crippen LogP contribution in [0.2, 0.25) is 0 Å². The van der Waals surface area contributed by atoms with Crippen LogP contribution < -0.4 is 10.2 Å². The predicted molar refractivity (Wildman–Crippen MR) is 110 cm³/mol. The van der Waals surface area contributed by atoms with Crippen LogP contribution >= 0.6 is 11.5 Å². The highest BCUT2D eigenvalue weighted by atomic mass is 32.1. The number of hydrogen-bond donors (Lipinski definition) is 1. The second-order valence-corrected chi connectivity index (χ2v) is 8.11. The summed E-state index contributed by atoms with van der Waals surface area (Å²) >= 11 is 1.03. The van der Waals surface area contributed by atoms with Crippen molar-refractivity contribution in [2.45, 2.75) is 32.4 Å². The van der Waals surface area contributed by atoms with E-state index >= 15 is 0 Å². The van der Waals surface area contributed by atoms with Gasteiger partial charge in [-0.2, -0.15) is 0 Å². The fourth-order valence-electron chi connectivity index (χ4n) is 2.88. The van der Waals surface area contributed by atoms with Gasteiger partial charge in [0, 0.05) is 16.6 Å². The van der Waals surface area contributed by atoms with Gasteiger partial charge in [0.1, 0.15) is 11.9 Å². The van der Waals surface area contributed by atoms with Gasteiger partial charge in [0.25, 0.3) is 5.91 Å². The summed E-state index contributed by atoms with van der Waals surface area (Å²) < 4.78 is 17.7. The third kappa shape index (κ3) is 5.03. The number of carbonyl (C=O) groups is 2. The smallest absolute Gasteiger partial charge is 0.280 e. The van der Waals surface area contributed by atoms with Gasteiger partial charge in [-0.25, -0.2) is 4.39 Å². The number of carbonyl (C=O) groups excluding carboxylic acids is 2. The zero-order valence-electron chi connectivity index (χ0n) is 16.3. The van der Waals surface area contributed by atoms with Gasteiger partial charge in [0.15, 0.2) is 5.69 Å². The largest absolute Gasteiger partial charge is 0.349 e. The second kappa shape index (κ2) is 8.48. The van der Waals surface area contributed by atoms with Crippen LogP contribution in [0.4, 0.5) is 10.1 Å². The van der Waals surface area contributed by atoms with Crippen molar-refractivity contribution in [2.75, 3.05) is 4.90 Å². The lowest BCUT2D eigenvalue weighted by Crippen LogP contribution is -2.49. The van der Waals surface area contributed by atoms with Crippen molar-refractivity contribution in [1.82, 2.24) is 14.9 Å². The molecular formula is C21H21FN4O2S. The van der Waals surface area contributed by atoms with Crippen LogP contribution in [0.25, 0.3) is 0 Å². The SMILES string of the molecule is CC(C)(C)NC(=O)[C@@H](c1ccccc1)N(C(=O)c1csnn1)c1cccc(F)c1. The van der Waals surface area contributed by atoms with Crippen molar-refractivity contribution in [1.29, 1.82) is 0 Å².